The predicted octanol–water partition coefficient (Wildman–Crippen LogP) is 1.59. The summed E-state index contributed by atoms with van der Waals surface area (Å²) in [5.41, 5.74) is 0. The number of carbonyl (C=O) groups is 1. The minimum Gasteiger partial charge on any atom is -0.469 e. The topological polar surface area (TPSA) is 46.5 Å². The molecule has 3 nitrogen and oxygen atoms in total. The highest BCUT2D eigenvalue weighted by Crippen LogP contribution is 2.35. The molecule has 1 fully saturated rings. The van der Waals surface area contributed by atoms with Gasteiger partial charge in [0.25, 0.3) is 0 Å². The van der Waals surface area contributed by atoms with Crippen LogP contribution in [0.25, 0.3) is 0 Å². The largest absolute Gasteiger partial charge is 0.469 e. The van der Waals surface area contributed by atoms with Gasteiger partial charge in [0.1, 0.15) is 0 Å². The molecule has 0 amide bonds. The average molecular weight is 200 g/mol. The van der Waals surface area contributed by atoms with Crippen molar-refractivity contribution in [2.75, 3.05) is 7.11 Å². The minimum absolute atomic E-state index is 0.0108. The van der Waals surface area contributed by atoms with Crippen LogP contribution in [0.15, 0.2) is 0 Å². The van der Waals surface area contributed by atoms with E-state index in [1.165, 1.54) is 7.11 Å². The van der Waals surface area contributed by atoms with Crippen molar-refractivity contribution < 1.29 is 14.6 Å². The van der Waals surface area contributed by atoms with Gasteiger partial charge < -0.3 is 9.84 Å². The molecular weight excluding hydrogens is 180 g/mol. The van der Waals surface area contributed by atoms with E-state index in [2.05, 4.69) is 6.92 Å². The molecule has 0 spiro atoms. The molecule has 3 heteroatoms. The summed E-state index contributed by atoms with van der Waals surface area (Å²) in [7, 11) is 1.43. The van der Waals surface area contributed by atoms with Crippen molar-refractivity contribution >= 4 is 5.97 Å². The summed E-state index contributed by atoms with van der Waals surface area (Å²) in [4.78, 5) is 11.4. The first-order valence-electron chi connectivity index (χ1n) is 5.36. The Morgan fingerprint density at radius 3 is 2.64 bits per heavy atom. The summed E-state index contributed by atoms with van der Waals surface area (Å²) in [5, 5.41) is 9.86. The van der Waals surface area contributed by atoms with Crippen LogP contribution in [0.1, 0.15) is 33.1 Å². The average Bonchev–Trinajstić information content (AvgIpc) is 2.20. The minimum atomic E-state index is -0.249. The van der Waals surface area contributed by atoms with Crippen LogP contribution in [-0.4, -0.2) is 24.3 Å². The molecule has 4 atom stereocenters. The standard InChI is InChI=1S/C11H20O3/c1-4-8-6-9(11(13)14-3)5-7(2)10(8)12/h7-10,12H,4-6H2,1-3H3/t7-,8-,9?,10?/m1/s1. The maximum atomic E-state index is 11.4. The highest BCUT2D eigenvalue weighted by Gasteiger charge is 2.36. The zero-order valence-corrected chi connectivity index (χ0v) is 9.19. The lowest BCUT2D eigenvalue weighted by molar-refractivity contribution is -0.149. The van der Waals surface area contributed by atoms with Gasteiger partial charge in [0.15, 0.2) is 0 Å². The Morgan fingerprint density at radius 2 is 2.14 bits per heavy atom. The lowest BCUT2D eigenvalue weighted by Crippen LogP contribution is -2.38. The number of aliphatic hydroxyl groups is 1. The van der Waals surface area contributed by atoms with E-state index in [4.69, 9.17) is 4.74 Å². The van der Waals surface area contributed by atoms with Gasteiger partial charge in [-0.2, -0.15) is 0 Å². The molecule has 82 valence electrons. The summed E-state index contributed by atoms with van der Waals surface area (Å²) in [6.07, 6.45) is 2.21. The molecule has 2 unspecified atom stereocenters. The fourth-order valence-electron chi connectivity index (χ4n) is 2.42. The predicted molar refractivity (Wildman–Crippen MR) is 53.7 cm³/mol. The first kappa shape index (κ1) is 11.5. The molecule has 0 aromatic carbocycles. The van der Waals surface area contributed by atoms with E-state index in [-0.39, 0.29) is 29.8 Å². The number of methoxy groups -OCH3 is 1. The van der Waals surface area contributed by atoms with Crippen LogP contribution in [0.3, 0.4) is 0 Å². The van der Waals surface area contributed by atoms with Crippen molar-refractivity contribution in [3.8, 4) is 0 Å². The molecule has 0 bridgehead atoms. The number of ether oxygens (including phenoxy) is 1. The molecule has 1 rings (SSSR count). The molecule has 1 saturated carbocycles. The summed E-state index contributed by atoms with van der Waals surface area (Å²) < 4.78 is 4.75. The first-order valence-corrected chi connectivity index (χ1v) is 5.36. The van der Waals surface area contributed by atoms with Gasteiger partial charge in [0.2, 0.25) is 0 Å². The third-order valence-electron chi connectivity index (χ3n) is 3.37. The van der Waals surface area contributed by atoms with Gasteiger partial charge in [0.05, 0.1) is 19.1 Å². The molecule has 0 saturated heterocycles. The zero-order valence-electron chi connectivity index (χ0n) is 9.19. The van der Waals surface area contributed by atoms with Gasteiger partial charge in [-0.05, 0) is 24.7 Å². The molecule has 0 aliphatic heterocycles. The number of hydrogen-bond donors (Lipinski definition) is 1. The quantitative estimate of drug-likeness (QED) is 0.689. The van der Waals surface area contributed by atoms with E-state index >= 15 is 0 Å². The second-order valence-electron chi connectivity index (χ2n) is 4.33. The van der Waals surface area contributed by atoms with E-state index in [0.29, 0.717) is 0 Å². The SMILES string of the molecule is CC[C@@H]1CC(C(=O)OC)C[C@@H](C)C1O. The Bertz CT molecular complexity index is 203. The molecule has 14 heavy (non-hydrogen) atoms. The number of hydrogen-bond acceptors (Lipinski definition) is 3. The molecule has 1 aliphatic rings. The highest BCUT2D eigenvalue weighted by atomic mass is 16.5. The number of esters is 1. The van der Waals surface area contributed by atoms with Crippen LogP contribution in [0, 0.1) is 17.8 Å². The van der Waals surface area contributed by atoms with Crippen molar-refractivity contribution in [3.63, 3.8) is 0 Å². The van der Waals surface area contributed by atoms with Crippen molar-refractivity contribution in [3.05, 3.63) is 0 Å². The van der Waals surface area contributed by atoms with Gasteiger partial charge in [-0.15, -0.1) is 0 Å². The smallest absolute Gasteiger partial charge is 0.308 e. The van der Waals surface area contributed by atoms with Gasteiger partial charge in [-0.25, -0.2) is 0 Å². The van der Waals surface area contributed by atoms with E-state index in [1.807, 2.05) is 6.92 Å². The van der Waals surface area contributed by atoms with Gasteiger partial charge in [0, 0.05) is 0 Å². The Labute approximate surface area is 85.5 Å². The van der Waals surface area contributed by atoms with Crippen LogP contribution in [0.2, 0.25) is 0 Å². The molecule has 0 aromatic rings. The van der Waals surface area contributed by atoms with Crippen molar-refractivity contribution in [2.45, 2.75) is 39.2 Å². The fourth-order valence-corrected chi connectivity index (χ4v) is 2.42. The lowest BCUT2D eigenvalue weighted by atomic mass is 9.73. The van der Waals surface area contributed by atoms with E-state index in [0.717, 1.165) is 19.3 Å². The first-order chi connectivity index (χ1) is 6.60. The normalized spacial score (nSPS) is 38.0. The fraction of sp³-hybridized carbons (Fsp3) is 0.909. The monoisotopic (exact) mass is 200 g/mol. The molecule has 1 N–H and O–H groups in total. The maximum absolute atomic E-state index is 11.4. The van der Waals surface area contributed by atoms with Crippen LogP contribution < -0.4 is 0 Å². The van der Waals surface area contributed by atoms with Gasteiger partial charge in [-0.1, -0.05) is 20.3 Å². The van der Waals surface area contributed by atoms with Gasteiger partial charge >= 0.3 is 5.97 Å². The molecular formula is C11H20O3. The lowest BCUT2D eigenvalue weighted by Gasteiger charge is -2.36. The molecule has 1 aliphatic carbocycles. The molecule has 0 aromatic heterocycles. The number of aliphatic hydroxyl groups excluding tert-OH is 1. The summed E-state index contributed by atoms with van der Waals surface area (Å²) in [6, 6.07) is 0. The third kappa shape index (κ3) is 2.27. The van der Waals surface area contributed by atoms with E-state index in [1.54, 1.807) is 0 Å². The third-order valence-corrected chi connectivity index (χ3v) is 3.37. The van der Waals surface area contributed by atoms with Crippen LogP contribution in [0.5, 0.6) is 0 Å². The van der Waals surface area contributed by atoms with Crippen LogP contribution in [-0.2, 0) is 9.53 Å². The van der Waals surface area contributed by atoms with Crippen LogP contribution in [0.4, 0.5) is 0 Å². The number of carbonyl (C=O) groups excluding carboxylic acids is 1. The second kappa shape index (κ2) is 4.78. The summed E-state index contributed by atoms with van der Waals surface area (Å²) >= 11 is 0. The van der Waals surface area contributed by atoms with Gasteiger partial charge in [-0.3, -0.25) is 4.79 Å². The van der Waals surface area contributed by atoms with Crippen molar-refractivity contribution in [2.24, 2.45) is 17.8 Å². The van der Waals surface area contributed by atoms with E-state index in [9.17, 15) is 9.90 Å². The van der Waals surface area contributed by atoms with Crippen molar-refractivity contribution in [1.29, 1.82) is 0 Å². The second-order valence-corrected chi connectivity index (χ2v) is 4.33. The number of rotatable bonds is 2. The Morgan fingerprint density at radius 1 is 1.50 bits per heavy atom. The Hall–Kier alpha value is -0.570. The summed E-state index contributed by atoms with van der Waals surface area (Å²) in [5.74, 6) is 0.325. The van der Waals surface area contributed by atoms with Crippen molar-refractivity contribution in [1.82, 2.24) is 0 Å². The zero-order chi connectivity index (χ0) is 10.7. The highest BCUT2D eigenvalue weighted by molar-refractivity contribution is 5.72. The molecule has 0 heterocycles. The van der Waals surface area contributed by atoms with Crippen LogP contribution >= 0.6 is 0 Å². The maximum Gasteiger partial charge on any atom is 0.308 e. The van der Waals surface area contributed by atoms with E-state index < -0.39 is 0 Å². The Kier molecular flexibility index (Phi) is 3.93. The molecule has 0 radical (unpaired) electrons. The summed E-state index contributed by atoms with van der Waals surface area (Å²) in [6.45, 7) is 4.06. The Balaban J connectivity index is 2.62.